The average molecular weight is 381 g/mol. The smallest absolute Gasteiger partial charge is 0.335 e. The summed E-state index contributed by atoms with van der Waals surface area (Å²) in [5.41, 5.74) is 6.00. The minimum atomic E-state index is -1.00. The number of fused-ring (bicyclic) bond motifs is 1. The zero-order valence-corrected chi connectivity index (χ0v) is 14.2. The van der Waals surface area contributed by atoms with Crippen LogP contribution in [-0.2, 0) is 4.79 Å². The Bertz CT molecular complexity index is 869. The van der Waals surface area contributed by atoms with Crippen molar-refractivity contribution >= 4 is 47.9 Å². The zero-order chi connectivity index (χ0) is 18.0. The largest absolute Gasteiger partial charge is 0.478 e. The molecule has 1 amide bonds. The first-order valence-electron chi connectivity index (χ1n) is 7.44. The molecule has 26 heavy (non-hydrogen) atoms. The summed E-state index contributed by atoms with van der Waals surface area (Å²) < 4.78 is 0. The molecular weight excluding hydrogens is 364 g/mol. The predicted molar refractivity (Wildman–Crippen MR) is 99.2 cm³/mol. The molecule has 0 spiro atoms. The number of nitrogens with two attached hydrogens (primary N) is 1. The summed E-state index contributed by atoms with van der Waals surface area (Å²) in [4.78, 5) is 42.1. The number of anilines is 4. The van der Waals surface area contributed by atoms with Gasteiger partial charge in [0.2, 0.25) is 12.4 Å². The third-order valence-corrected chi connectivity index (χ3v) is 3.86. The van der Waals surface area contributed by atoms with Gasteiger partial charge in [0.1, 0.15) is 0 Å². The number of nitrogens with one attached hydrogen (secondary N) is 3. The monoisotopic (exact) mass is 380 g/mol. The van der Waals surface area contributed by atoms with Gasteiger partial charge in [-0.15, -0.1) is 12.4 Å². The first-order chi connectivity index (χ1) is 12.0. The lowest BCUT2D eigenvalue weighted by Gasteiger charge is -2.34. The second kappa shape index (κ2) is 7.74. The van der Waals surface area contributed by atoms with E-state index in [1.165, 1.54) is 17.0 Å². The number of nitrogen functional groups attached to an aromatic ring is 1. The first kappa shape index (κ1) is 19.1. The Morgan fingerprint density at radius 1 is 1.42 bits per heavy atom. The highest BCUT2D eigenvalue weighted by Gasteiger charge is 2.29. The molecule has 1 aromatic heterocycles. The Labute approximate surface area is 153 Å². The number of rotatable bonds is 5. The number of H-pyrrole nitrogens is 1. The van der Waals surface area contributed by atoms with Gasteiger partial charge >= 0.3 is 5.97 Å². The topological polar surface area (TPSA) is 153 Å². The number of carbonyl (C=O) groups is 2. The number of carbonyl (C=O) groups excluding carboxylic acids is 1. The fourth-order valence-corrected chi connectivity index (χ4v) is 2.62. The number of carboxylic acids is 1. The molecule has 0 fully saturated rings. The minimum absolute atomic E-state index is 0. The maximum Gasteiger partial charge on any atom is 0.335 e. The molecule has 0 aliphatic carbocycles. The first-order valence-corrected chi connectivity index (χ1v) is 7.44. The Morgan fingerprint density at radius 3 is 2.73 bits per heavy atom. The molecule has 10 nitrogen and oxygen atoms in total. The van der Waals surface area contributed by atoms with E-state index in [1.807, 2.05) is 0 Å². The number of benzene rings is 1. The third kappa shape index (κ3) is 3.70. The van der Waals surface area contributed by atoms with Crippen LogP contribution in [0.5, 0.6) is 0 Å². The van der Waals surface area contributed by atoms with Crippen molar-refractivity contribution in [2.24, 2.45) is 0 Å². The van der Waals surface area contributed by atoms with Crippen molar-refractivity contribution in [1.82, 2.24) is 9.97 Å². The second-order valence-corrected chi connectivity index (χ2v) is 5.46. The van der Waals surface area contributed by atoms with E-state index in [4.69, 9.17) is 10.8 Å². The Morgan fingerprint density at radius 2 is 2.12 bits per heavy atom. The number of aromatic carboxylic acids is 1. The van der Waals surface area contributed by atoms with Gasteiger partial charge in [-0.05, 0) is 24.3 Å². The summed E-state index contributed by atoms with van der Waals surface area (Å²) >= 11 is 0. The number of hydrogen-bond acceptors (Lipinski definition) is 7. The van der Waals surface area contributed by atoms with Crippen molar-refractivity contribution in [3.8, 4) is 0 Å². The van der Waals surface area contributed by atoms with Crippen LogP contribution in [0.1, 0.15) is 10.4 Å². The van der Waals surface area contributed by atoms with E-state index >= 15 is 0 Å². The molecule has 3 rings (SSSR count). The van der Waals surface area contributed by atoms with Gasteiger partial charge in [-0.3, -0.25) is 14.6 Å². The maximum atomic E-state index is 12.1. The van der Waals surface area contributed by atoms with Gasteiger partial charge in [-0.2, -0.15) is 4.98 Å². The zero-order valence-electron chi connectivity index (χ0n) is 13.4. The van der Waals surface area contributed by atoms with E-state index in [9.17, 15) is 14.4 Å². The molecule has 1 atom stereocenters. The number of carboxylic acid groups (broad SMARTS) is 1. The van der Waals surface area contributed by atoms with Gasteiger partial charge in [0.15, 0.2) is 11.5 Å². The van der Waals surface area contributed by atoms with Crippen molar-refractivity contribution in [1.29, 1.82) is 0 Å². The number of nitrogens with zero attached hydrogens (tertiary/aromatic N) is 2. The highest BCUT2D eigenvalue weighted by atomic mass is 35.5. The molecule has 1 aliphatic rings. The molecule has 6 N–H and O–H groups in total. The standard InChI is InChI=1S/C15H16N6O4.ClH/c16-15-19-12-11(13(23)20-15)21(7-22)10(6-18-12)5-17-9-3-1-8(2-4-9)14(24)25;/h1-4,7,10,17H,5-6H2,(H,24,25)(H4,16,18,19,20,23);1H. The fourth-order valence-electron chi connectivity index (χ4n) is 2.62. The van der Waals surface area contributed by atoms with Gasteiger partial charge in [-0.25, -0.2) is 4.79 Å². The third-order valence-electron chi connectivity index (χ3n) is 3.86. The van der Waals surface area contributed by atoms with Gasteiger partial charge in [0, 0.05) is 18.8 Å². The van der Waals surface area contributed by atoms with E-state index in [-0.39, 0.29) is 41.5 Å². The van der Waals surface area contributed by atoms with E-state index in [0.717, 1.165) is 0 Å². The highest BCUT2D eigenvalue weighted by molar-refractivity contribution is 5.88. The van der Waals surface area contributed by atoms with Gasteiger partial charge in [0.25, 0.3) is 5.56 Å². The van der Waals surface area contributed by atoms with Crippen LogP contribution in [0.15, 0.2) is 29.1 Å². The molecule has 2 aromatic rings. The van der Waals surface area contributed by atoms with Crippen molar-refractivity contribution in [2.75, 3.05) is 34.4 Å². The van der Waals surface area contributed by atoms with Crippen LogP contribution < -0.4 is 26.8 Å². The summed E-state index contributed by atoms with van der Waals surface area (Å²) in [5, 5.41) is 15.0. The summed E-state index contributed by atoms with van der Waals surface area (Å²) in [6, 6.07) is 5.89. The van der Waals surface area contributed by atoms with Crippen LogP contribution in [0, 0.1) is 0 Å². The van der Waals surface area contributed by atoms with Crippen molar-refractivity contribution in [3.05, 3.63) is 40.2 Å². The van der Waals surface area contributed by atoms with Gasteiger partial charge < -0.3 is 26.4 Å². The molecule has 1 aromatic carbocycles. The highest BCUT2D eigenvalue weighted by Crippen LogP contribution is 2.25. The van der Waals surface area contributed by atoms with Crippen molar-refractivity contribution in [2.45, 2.75) is 6.04 Å². The van der Waals surface area contributed by atoms with E-state index in [1.54, 1.807) is 12.1 Å². The number of aromatic amines is 1. The van der Waals surface area contributed by atoms with Crippen LogP contribution >= 0.6 is 12.4 Å². The molecule has 11 heteroatoms. The van der Waals surface area contributed by atoms with E-state index in [2.05, 4.69) is 20.6 Å². The Balaban J connectivity index is 0.00000243. The molecule has 1 aliphatic heterocycles. The number of amides is 1. The van der Waals surface area contributed by atoms with Crippen molar-refractivity contribution < 1.29 is 14.7 Å². The SMILES string of the molecule is Cl.Nc1nc2c(c(=O)[nH]1)N(C=O)C(CNc1ccc(C(=O)O)cc1)CN2. The lowest BCUT2D eigenvalue weighted by Crippen LogP contribution is -2.50. The van der Waals surface area contributed by atoms with Crippen LogP contribution in [0.2, 0.25) is 0 Å². The normalized spacial score (nSPS) is 15.2. The molecule has 138 valence electrons. The minimum Gasteiger partial charge on any atom is -0.478 e. The van der Waals surface area contributed by atoms with Gasteiger partial charge in [0.05, 0.1) is 11.6 Å². The molecule has 0 saturated heterocycles. The fraction of sp³-hybridized carbons (Fsp3) is 0.200. The van der Waals surface area contributed by atoms with Crippen LogP contribution in [-0.4, -0.2) is 46.6 Å². The molecule has 1 unspecified atom stereocenters. The molecule has 0 saturated carbocycles. The second-order valence-electron chi connectivity index (χ2n) is 5.46. The van der Waals surface area contributed by atoms with Crippen LogP contribution in [0.3, 0.4) is 0 Å². The number of hydrogen-bond donors (Lipinski definition) is 5. The maximum absolute atomic E-state index is 12.1. The van der Waals surface area contributed by atoms with Crippen LogP contribution in [0.4, 0.5) is 23.1 Å². The Hall–Kier alpha value is -3.27. The molecule has 0 radical (unpaired) electrons. The van der Waals surface area contributed by atoms with Gasteiger partial charge in [-0.1, -0.05) is 0 Å². The summed E-state index contributed by atoms with van der Waals surface area (Å²) in [7, 11) is 0. The summed E-state index contributed by atoms with van der Waals surface area (Å²) in [6.45, 7) is 0.725. The van der Waals surface area contributed by atoms with E-state index < -0.39 is 11.5 Å². The van der Waals surface area contributed by atoms with Crippen molar-refractivity contribution in [3.63, 3.8) is 0 Å². The molecule has 0 bridgehead atoms. The summed E-state index contributed by atoms with van der Waals surface area (Å²) in [5.74, 6) is -0.773. The number of aromatic nitrogens is 2. The summed E-state index contributed by atoms with van der Waals surface area (Å²) in [6.07, 6.45) is 0.576. The Kier molecular flexibility index (Phi) is 5.68. The number of halogens is 1. The molecule has 2 heterocycles. The molecular formula is C15H17ClN6O4. The van der Waals surface area contributed by atoms with Crippen LogP contribution in [0.25, 0.3) is 0 Å². The quantitative estimate of drug-likeness (QED) is 0.465. The lowest BCUT2D eigenvalue weighted by molar-refractivity contribution is -0.107. The lowest BCUT2D eigenvalue weighted by atomic mass is 10.1. The predicted octanol–water partition coefficient (Wildman–Crippen LogP) is 0.341. The average Bonchev–Trinajstić information content (AvgIpc) is 2.59. The van der Waals surface area contributed by atoms with E-state index in [0.29, 0.717) is 25.2 Å².